The molecule has 1 saturated heterocycles. The number of amides is 1. The number of rotatable bonds is 6. The van der Waals surface area contributed by atoms with Gasteiger partial charge in [0.2, 0.25) is 5.91 Å². The van der Waals surface area contributed by atoms with Gasteiger partial charge in [0.05, 0.1) is 16.5 Å². The Kier molecular flexibility index (Phi) is 6.12. The molecule has 2 N–H and O–H groups in total. The third kappa shape index (κ3) is 4.32. The van der Waals surface area contributed by atoms with Crippen LogP contribution in [0, 0.1) is 0 Å². The molecule has 1 aromatic carbocycles. The molecular weight excluding hydrogens is 468 g/mol. The molecule has 4 aromatic rings. The van der Waals surface area contributed by atoms with Crippen LogP contribution in [0.5, 0.6) is 5.75 Å². The second-order valence-electron chi connectivity index (χ2n) is 8.42. The van der Waals surface area contributed by atoms with Crippen molar-refractivity contribution in [3.63, 3.8) is 0 Å². The second-order valence-corrected chi connectivity index (χ2v) is 8.83. The van der Waals surface area contributed by atoms with Crippen LogP contribution in [0.1, 0.15) is 24.7 Å². The maximum absolute atomic E-state index is 12.2. The molecule has 4 heterocycles. The summed E-state index contributed by atoms with van der Waals surface area (Å²) in [5.74, 6) is 1.57. The van der Waals surface area contributed by atoms with Crippen LogP contribution in [0.3, 0.4) is 0 Å². The fourth-order valence-corrected chi connectivity index (χ4v) is 4.61. The van der Waals surface area contributed by atoms with Crippen LogP contribution >= 0.6 is 11.6 Å². The first-order valence-corrected chi connectivity index (χ1v) is 11.6. The molecule has 1 atom stereocenters. The molecule has 35 heavy (non-hydrogen) atoms. The van der Waals surface area contributed by atoms with Gasteiger partial charge in [-0.3, -0.25) is 4.79 Å². The van der Waals surface area contributed by atoms with Gasteiger partial charge in [-0.15, -0.1) is 0 Å². The third-order valence-corrected chi connectivity index (χ3v) is 6.53. The first-order chi connectivity index (χ1) is 17.0. The van der Waals surface area contributed by atoms with Gasteiger partial charge in [-0.05, 0) is 37.1 Å². The molecule has 0 aliphatic carbocycles. The number of anilines is 1. The van der Waals surface area contributed by atoms with Crippen molar-refractivity contribution in [3.05, 3.63) is 60.4 Å². The van der Waals surface area contributed by atoms with Crippen LogP contribution in [-0.2, 0) is 18.4 Å². The summed E-state index contributed by atoms with van der Waals surface area (Å²) in [7, 11) is 1.91. The van der Waals surface area contributed by atoms with E-state index in [1.54, 1.807) is 23.2 Å². The summed E-state index contributed by atoms with van der Waals surface area (Å²) in [6.45, 7) is 5.12. The molecule has 0 spiro atoms. The summed E-state index contributed by atoms with van der Waals surface area (Å²) in [6, 6.07) is 5.43. The Morgan fingerprint density at radius 1 is 1.34 bits per heavy atom. The van der Waals surface area contributed by atoms with E-state index in [-0.39, 0.29) is 11.9 Å². The highest BCUT2D eigenvalue weighted by atomic mass is 35.5. The van der Waals surface area contributed by atoms with Crippen LogP contribution in [-0.4, -0.2) is 53.2 Å². The summed E-state index contributed by atoms with van der Waals surface area (Å²) in [5.41, 5.74) is 8.28. The van der Waals surface area contributed by atoms with Crippen molar-refractivity contribution in [3.8, 4) is 17.0 Å². The molecule has 1 aliphatic heterocycles. The van der Waals surface area contributed by atoms with E-state index in [1.165, 1.54) is 12.4 Å². The van der Waals surface area contributed by atoms with Crippen molar-refractivity contribution in [2.45, 2.75) is 25.5 Å². The van der Waals surface area contributed by atoms with Crippen molar-refractivity contribution in [1.29, 1.82) is 0 Å². The topological polar surface area (TPSA) is 117 Å². The molecule has 1 aliphatic rings. The Balaban J connectivity index is 1.49. The van der Waals surface area contributed by atoms with Crippen molar-refractivity contribution in [2.24, 2.45) is 7.05 Å². The van der Waals surface area contributed by atoms with E-state index < -0.39 is 0 Å². The number of imidazole rings is 1. The van der Waals surface area contributed by atoms with Gasteiger partial charge in [-0.25, -0.2) is 19.6 Å². The van der Waals surface area contributed by atoms with Crippen LogP contribution in [0.15, 0.2) is 49.6 Å². The van der Waals surface area contributed by atoms with Gasteiger partial charge in [-0.1, -0.05) is 18.2 Å². The van der Waals surface area contributed by atoms with Crippen LogP contribution in [0.2, 0.25) is 5.02 Å². The van der Waals surface area contributed by atoms with Crippen LogP contribution in [0.4, 0.5) is 5.82 Å². The van der Waals surface area contributed by atoms with E-state index in [2.05, 4.69) is 21.5 Å². The molecule has 1 fully saturated rings. The Hall–Kier alpha value is -3.92. The number of aromatic nitrogens is 6. The number of hydrogen-bond acceptors (Lipinski definition) is 7. The molecule has 0 radical (unpaired) electrons. The molecule has 5 rings (SSSR count). The standard InChI is InChI=1S/C24H25ClN8O2/c1-3-20(34)32-9-4-5-16(12-32)33-24-21(23(26)28-14-29-24)22(30-33)15-6-7-18(17(25)11-15)35-13-19-27-8-10-31(19)2/h3,6-8,10-11,14,16H,1,4-5,9,12-13H2,2H3,(H2,26,28,29). The minimum Gasteiger partial charge on any atom is -0.484 e. The number of piperidine rings is 1. The van der Waals surface area contributed by atoms with E-state index in [4.69, 9.17) is 27.2 Å². The maximum atomic E-state index is 12.2. The minimum absolute atomic E-state index is 0.0472. The number of nitrogens with zero attached hydrogens (tertiary/aromatic N) is 7. The van der Waals surface area contributed by atoms with E-state index in [0.29, 0.717) is 53.0 Å². The molecule has 10 nitrogen and oxygen atoms in total. The highest BCUT2D eigenvalue weighted by molar-refractivity contribution is 6.32. The van der Waals surface area contributed by atoms with Crippen LogP contribution in [0.25, 0.3) is 22.3 Å². The normalized spacial score (nSPS) is 15.9. The lowest BCUT2D eigenvalue weighted by atomic mass is 10.1. The number of fused-ring (bicyclic) bond motifs is 1. The lowest BCUT2D eigenvalue weighted by molar-refractivity contribution is -0.127. The number of hydrogen-bond donors (Lipinski definition) is 1. The average molecular weight is 493 g/mol. The minimum atomic E-state index is -0.0894. The monoisotopic (exact) mass is 492 g/mol. The molecule has 1 amide bonds. The Morgan fingerprint density at radius 3 is 2.94 bits per heavy atom. The number of benzene rings is 1. The Bertz CT molecular complexity index is 1410. The zero-order valence-corrected chi connectivity index (χ0v) is 20.0. The van der Waals surface area contributed by atoms with Gasteiger partial charge >= 0.3 is 0 Å². The van der Waals surface area contributed by atoms with Crippen molar-refractivity contribution >= 4 is 34.4 Å². The number of carbonyl (C=O) groups is 1. The number of likely N-dealkylation sites (tertiary alicyclic amines) is 1. The lowest BCUT2D eigenvalue weighted by Crippen LogP contribution is -2.40. The molecule has 1 unspecified atom stereocenters. The molecule has 3 aromatic heterocycles. The number of ether oxygens (including phenoxy) is 1. The number of carbonyl (C=O) groups excluding carboxylic acids is 1. The van der Waals surface area contributed by atoms with Gasteiger partial charge < -0.3 is 19.9 Å². The van der Waals surface area contributed by atoms with E-state index in [1.807, 2.05) is 28.6 Å². The number of aryl methyl sites for hydroxylation is 1. The Morgan fingerprint density at radius 2 is 2.20 bits per heavy atom. The molecule has 0 bridgehead atoms. The summed E-state index contributed by atoms with van der Waals surface area (Å²) < 4.78 is 9.61. The van der Waals surface area contributed by atoms with Gasteiger partial charge in [-0.2, -0.15) is 5.10 Å². The van der Waals surface area contributed by atoms with Gasteiger partial charge in [0.1, 0.15) is 36.0 Å². The van der Waals surface area contributed by atoms with Crippen molar-refractivity contribution < 1.29 is 9.53 Å². The molecule has 0 saturated carbocycles. The SMILES string of the molecule is C=CC(=O)N1CCCC(n2nc(-c3ccc(OCc4nccn4C)c(Cl)c3)c3c(N)ncnc32)C1. The lowest BCUT2D eigenvalue weighted by Gasteiger charge is -2.32. The quantitative estimate of drug-likeness (QED) is 0.410. The average Bonchev–Trinajstić information content (AvgIpc) is 3.47. The van der Waals surface area contributed by atoms with E-state index >= 15 is 0 Å². The van der Waals surface area contributed by atoms with Gasteiger partial charge in [0.25, 0.3) is 0 Å². The molecule has 180 valence electrons. The number of nitrogens with two attached hydrogens (primary N) is 1. The zero-order chi connectivity index (χ0) is 24.5. The molecule has 11 heteroatoms. The second kappa shape index (κ2) is 9.38. The first kappa shape index (κ1) is 22.9. The van der Waals surface area contributed by atoms with Crippen molar-refractivity contribution in [2.75, 3.05) is 18.8 Å². The largest absolute Gasteiger partial charge is 0.484 e. The highest BCUT2D eigenvalue weighted by Crippen LogP contribution is 2.36. The summed E-state index contributed by atoms with van der Waals surface area (Å²) >= 11 is 6.57. The third-order valence-electron chi connectivity index (χ3n) is 6.23. The van der Waals surface area contributed by atoms with Gasteiger partial charge in [0.15, 0.2) is 5.65 Å². The predicted octanol–water partition coefficient (Wildman–Crippen LogP) is 3.39. The van der Waals surface area contributed by atoms with Crippen LogP contribution < -0.4 is 10.5 Å². The Labute approximate surface area is 207 Å². The van der Waals surface area contributed by atoms with Crippen molar-refractivity contribution in [1.82, 2.24) is 34.2 Å². The van der Waals surface area contributed by atoms with Gasteiger partial charge in [0, 0.05) is 38.1 Å². The summed E-state index contributed by atoms with van der Waals surface area (Å²) in [5, 5.41) is 5.98. The smallest absolute Gasteiger partial charge is 0.246 e. The number of halogens is 1. The van der Waals surface area contributed by atoms with E-state index in [0.717, 1.165) is 24.2 Å². The predicted molar refractivity (Wildman–Crippen MR) is 133 cm³/mol. The van der Waals surface area contributed by atoms with E-state index in [9.17, 15) is 4.79 Å². The highest BCUT2D eigenvalue weighted by Gasteiger charge is 2.28. The first-order valence-electron chi connectivity index (χ1n) is 11.2. The fraction of sp³-hybridized carbons (Fsp3) is 0.292. The fourth-order valence-electron chi connectivity index (χ4n) is 4.38. The summed E-state index contributed by atoms with van der Waals surface area (Å²) in [6.07, 6.45) is 8.06. The summed E-state index contributed by atoms with van der Waals surface area (Å²) in [4.78, 5) is 26.9. The maximum Gasteiger partial charge on any atom is 0.246 e. The number of nitrogen functional groups attached to an aromatic ring is 1. The molecular formula is C24H25ClN8O2. The zero-order valence-electron chi connectivity index (χ0n) is 19.3.